The third kappa shape index (κ3) is 3.67. The molecule has 8 aromatic rings. The van der Waals surface area contributed by atoms with Crippen molar-refractivity contribution in [1.82, 2.24) is 4.98 Å². The monoisotopic (exact) mass is 507 g/mol. The average molecular weight is 508 g/mol. The third-order valence-corrected chi connectivity index (χ3v) is 8.10. The first-order valence-electron chi connectivity index (χ1n) is 13.7. The number of fused-ring (bicyclic) bond motifs is 4. The molecule has 1 aromatic heterocycles. The van der Waals surface area contributed by atoms with Gasteiger partial charge in [0.05, 0.1) is 0 Å². The Morgan fingerprint density at radius 2 is 0.825 bits per heavy atom. The van der Waals surface area contributed by atoms with Gasteiger partial charge in [-0.25, -0.2) is 0 Å². The highest BCUT2D eigenvalue weighted by Crippen LogP contribution is 2.44. The molecule has 0 saturated carbocycles. The minimum absolute atomic E-state index is 1.17. The van der Waals surface area contributed by atoms with E-state index in [4.69, 9.17) is 0 Å². The molecule has 186 valence electrons. The van der Waals surface area contributed by atoms with E-state index in [2.05, 4.69) is 145 Å². The van der Waals surface area contributed by atoms with Crippen LogP contribution in [0.5, 0.6) is 0 Å². The van der Waals surface area contributed by atoms with Crippen LogP contribution < -0.4 is 0 Å². The maximum Gasteiger partial charge on any atom is 0.0353 e. The molecule has 0 saturated heterocycles. The molecule has 0 aliphatic heterocycles. The van der Waals surface area contributed by atoms with Crippen molar-refractivity contribution < 1.29 is 0 Å². The summed E-state index contributed by atoms with van der Waals surface area (Å²) in [6, 6.07) is 50.5. The summed E-state index contributed by atoms with van der Waals surface area (Å²) in [4.78, 5) is 4.61. The second kappa shape index (κ2) is 9.18. The van der Waals surface area contributed by atoms with E-state index in [1.54, 1.807) is 0 Å². The predicted octanol–water partition coefficient (Wildman–Crippen LogP) is 10.7. The molecule has 0 N–H and O–H groups in total. The van der Waals surface area contributed by atoms with Crippen LogP contribution >= 0.6 is 0 Å². The van der Waals surface area contributed by atoms with Crippen LogP contribution in [-0.4, -0.2) is 4.98 Å². The molecule has 0 aliphatic carbocycles. The molecule has 0 amide bonds. The van der Waals surface area contributed by atoms with Crippen molar-refractivity contribution in [2.75, 3.05) is 0 Å². The van der Waals surface area contributed by atoms with Gasteiger partial charge in [0.1, 0.15) is 0 Å². The first-order chi connectivity index (χ1) is 19.8. The standard InChI is InChI=1S/C39H25N/c1-3-10-28-22-31(18-16-26(28)8-1)30-12-7-13-32(24-30)39-35-15-6-5-14-34(35)38(36-20-21-40-25-37(36)39)33-19-17-27-9-2-4-11-29(27)23-33/h1-25H. The topological polar surface area (TPSA) is 12.9 Å². The largest absolute Gasteiger partial charge is 0.264 e. The second-order valence-corrected chi connectivity index (χ2v) is 10.4. The van der Waals surface area contributed by atoms with Gasteiger partial charge in [0.25, 0.3) is 0 Å². The highest BCUT2D eigenvalue weighted by molar-refractivity contribution is 6.21. The van der Waals surface area contributed by atoms with Crippen molar-refractivity contribution in [2.24, 2.45) is 0 Å². The van der Waals surface area contributed by atoms with Gasteiger partial charge in [-0.3, -0.25) is 4.98 Å². The van der Waals surface area contributed by atoms with Gasteiger partial charge in [-0.2, -0.15) is 0 Å². The van der Waals surface area contributed by atoms with Crippen LogP contribution in [0.4, 0.5) is 0 Å². The number of aromatic nitrogens is 1. The lowest BCUT2D eigenvalue weighted by atomic mass is 9.85. The van der Waals surface area contributed by atoms with Crippen molar-refractivity contribution in [1.29, 1.82) is 0 Å². The van der Waals surface area contributed by atoms with E-state index in [0.717, 1.165) is 0 Å². The van der Waals surface area contributed by atoms with E-state index in [1.165, 1.54) is 76.5 Å². The molecule has 0 aliphatic rings. The van der Waals surface area contributed by atoms with Crippen LogP contribution in [0.2, 0.25) is 0 Å². The number of rotatable bonds is 3. The van der Waals surface area contributed by atoms with Gasteiger partial charge >= 0.3 is 0 Å². The number of hydrogen-bond donors (Lipinski definition) is 0. The van der Waals surface area contributed by atoms with Crippen LogP contribution in [0.25, 0.3) is 76.5 Å². The Morgan fingerprint density at radius 3 is 1.55 bits per heavy atom. The molecule has 0 spiro atoms. The molecule has 0 atom stereocenters. The molecular formula is C39H25N. The summed E-state index contributed by atoms with van der Waals surface area (Å²) in [5.74, 6) is 0. The van der Waals surface area contributed by atoms with Gasteiger partial charge in [-0.15, -0.1) is 0 Å². The Hall–Kier alpha value is -5.27. The summed E-state index contributed by atoms with van der Waals surface area (Å²) in [6.07, 6.45) is 3.95. The number of nitrogens with zero attached hydrogens (tertiary/aromatic N) is 1. The Balaban J connectivity index is 1.39. The molecular weight excluding hydrogens is 482 g/mol. The van der Waals surface area contributed by atoms with E-state index in [-0.39, 0.29) is 0 Å². The summed E-state index contributed by atoms with van der Waals surface area (Å²) < 4.78 is 0. The second-order valence-electron chi connectivity index (χ2n) is 10.4. The quantitative estimate of drug-likeness (QED) is 0.217. The summed E-state index contributed by atoms with van der Waals surface area (Å²) in [7, 11) is 0. The smallest absolute Gasteiger partial charge is 0.0353 e. The highest BCUT2D eigenvalue weighted by Gasteiger charge is 2.17. The fourth-order valence-corrected chi connectivity index (χ4v) is 6.21. The Bertz CT molecular complexity index is 2170. The molecule has 1 nitrogen and oxygen atoms in total. The zero-order valence-corrected chi connectivity index (χ0v) is 21.9. The van der Waals surface area contributed by atoms with Crippen molar-refractivity contribution in [3.63, 3.8) is 0 Å². The van der Waals surface area contributed by atoms with Crippen molar-refractivity contribution in [3.8, 4) is 33.4 Å². The zero-order valence-electron chi connectivity index (χ0n) is 21.9. The summed E-state index contributed by atoms with van der Waals surface area (Å²) in [5.41, 5.74) is 7.34. The van der Waals surface area contributed by atoms with Gasteiger partial charge in [0.2, 0.25) is 0 Å². The first kappa shape index (κ1) is 22.7. The molecule has 8 rings (SSSR count). The van der Waals surface area contributed by atoms with Crippen molar-refractivity contribution in [2.45, 2.75) is 0 Å². The Kier molecular flexibility index (Phi) is 5.21. The van der Waals surface area contributed by atoms with Crippen LogP contribution in [0.3, 0.4) is 0 Å². The summed E-state index contributed by atoms with van der Waals surface area (Å²) in [5, 5.41) is 9.89. The number of hydrogen-bond acceptors (Lipinski definition) is 1. The van der Waals surface area contributed by atoms with Gasteiger partial charge in [-0.1, -0.05) is 115 Å². The first-order valence-corrected chi connectivity index (χ1v) is 13.7. The minimum Gasteiger partial charge on any atom is -0.264 e. The fourth-order valence-electron chi connectivity index (χ4n) is 6.21. The minimum atomic E-state index is 1.17. The van der Waals surface area contributed by atoms with E-state index < -0.39 is 0 Å². The Morgan fingerprint density at radius 1 is 0.325 bits per heavy atom. The summed E-state index contributed by atoms with van der Waals surface area (Å²) in [6.45, 7) is 0. The normalized spacial score (nSPS) is 11.5. The van der Waals surface area contributed by atoms with E-state index in [0.29, 0.717) is 0 Å². The number of pyridine rings is 1. The van der Waals surface area contributed by atoms with Gasteiger partial charge in [0.15, 0.2) is 0 Å². The van der Waals surface area contributed by atoms with Gasteiger partial charge in [0, 0.05) is 17.8 Å². The lowest BCUT2D eigenvalue weighted by Gasteiger charge is -2.18. The van der Waals surface area contributed by atoms with Gasteiger partial charge < -0.3 is 0 Å². The Labute approximate surface area is 233 Å². The van der Waals surface area contributed by atoms with Crippen LogP contribution in [0, 0.1) is 0 Å². The van der Waals surface area contributed by atoms with Crippen LogP contribution in [0.1, 0.15) is 0 Å². The van der Waals surface area contributed by atoms with Crippen LogP contribution in [-0.2, 0) is 0 Å². The van der Waals surface area contributed by atoms with E-state index >= 15 is 0 Å². The molecule has 40 heavy (non-hydrogen) atoms. The van der Waals surface area contributed by atoms with Crippen LogP contribution in [0.15, 0.2) is 152 Å². The maximum absolute atomic E-state index is 4.61. The van der Waals surface area contributed by atoms with Crippen molar-refractivity contribution >= 4 is 43.1 Å². The highest BCUT2D eigenvalue weighted by atomic mass is 14.6. The predicted molar refractivity (Wildman–Crippen MR) is 171 cm³/mol. The molecule has 7 aromatic carbocycles. The lowest BCUT2D eigenvalue weighted by Crippen LogP contribution is -1.92. The molecule has 0 unspecified atom stereocenters. The molecule has 0 radical (unpaired) electrons. The maximum atomic E-state index is 4.61. The number of benzene rings is 7. The summed E-state index contributed by atoms with van der Waals surface area (Å²) >= 11 is 0. The fraction of sp³-hybridized carbons (Fsp3) is 0. The lowest BCUT2D eigenvalue weighted by molar-refractivity contribution is 1.37. The average Bonchev–Trinajstić information content (AvgIpc) is 3.03. The van der Waals surface area contributed by atoms with Crippen molar-refractivity contribution in [3.05, 3.63) is 152 Å². The molecule has 1 heterocycles. The molecule has 0 bridgehead atoms. The SMILES string of the molecule is c1cc(-c2ccc3ccccc3c2)cc(-c2c3ccccc3c(-c3ccc4ccccc4c3)c3ccncc23)c1. The molecule has 1 heteroatoms. The van der Waals surface area contributed by atoms with E-state index in [1.807, 2.05) is 12.4 Å². The molecule has 0 fully saturated rings. The third-order valence-electron chi connectivity index (χ3n) is 8.10. The zero-order chi connectivity index (χ0) is 26.5. The van der Waals surface area contributed by atoms with Gasteiger partial charge in [-0.05, 0) is 95.3 Å². The van der Waals surface area contributed by atoms with E-state index in [9.17, 15) is 0 Å².